The van der Waals surface area contributed by atoms with Crippen molar-refractivity contribution in [1.29, 1.82) is 0 Å². The van der Waals surface area contributed by atoms with Gasteiger partial charge in [-0.15, -0.1) is 0 Å². The van der Waals surface area contributed by atoms with Gasteiger partial charge in [-0.2, -0.15) is 0 Å². The van der Waals surface area contributed by atoms with E-state index in [-0.39, 0.29) is 23.0 Å². The Labute approximate surface area is 183 Å². The van der Waals surface area contributed by atoms with Crippen LogP contribution < -0.4 is 4.90 Å². The molecule has 0 unspecified atom stereocenters. The lowest BCUT2D eigenvalue weighted by Gasteiger charge is -2.20. The summed E-state index contributed by atoms with van der Waals surface area (Å²) in [6.07, 6.45) is 1.25. The number of amides is 1. The normalized spacial score (nSPS) is 11.5. The standard InChI is InChI=1S/C23H19FN2O3S2/c1-31(28,29)19-11-12-20-21(14-19)30-23(25-20)26(15-17-5-3-2-4-6-17)22(27)13-16-7-9-18(24)10-8-16/h2-12,14H,13,15H2,1H3. The van der Waals surface area contributed by atoms with Crippen LogP contribution in [0.1, 0.15) is 11.1 Å². The molecule has 3 aromatic carbocycles. The van der Waals surface area contributed by atoms with Gasteiger partial charge in [0.1, 0.15) is 5.82 Å². The summed E-state index contributed by atoms with van der Waals surface area (Å²) in [4.78, 5) is 19.6. The van der Waals surface area contributed by atoms with Crippen LogP contribution in [0.2, 0.25) is 0 Å². The molecule has 0 aliphatic carbocycles. The molecule has 5 nitrogen and oxygen atoms in total. The molecule has 0 aliphatic heterocycles. The van der Waals surface area contributed by atoms with Gasteiger partial charge in [-0.3, -0.25) is 9.69 Å². The summed E-state index contributed by atoms with van der Waals surface area (Å²) < 4.78 is 37.7. The van der Waals surface area contributed by atoms with Crippen LogP contribution in [0.3, 0.4) is 0 Å². The lowest BCUT2D eigenvalue weighted by atomic mass is 10.1. The quantitative estimate of drug-likeness (QED) is 0.427. The first-order valence-electron chi connectivity index (χ1n) is 9.49. The monoisotopic (exact) mass is 454 g/mol. The van der Waals surface area contributed by atoms with Gasteiger partial charge in [-0.25, -0.2) is 17.8 Å². The SMILES string of the molecule is CS(=O)(=O)c1ccc2nc(N(Cc3ccccc3)C(=O)Cc3ccc(F)cc3)sc2c1. The summed E-state index contributed by atoms with van der Waals surface area (Å²) in [5.74, 6) is -0.539. The highest BCUT2D eigenvalue weighted by Crippen LogP contribution is 2.32. The van der Waals surface area contributed by atoms with Gasteiger partial charge >= 0.3 is 0 Å². The molecule has 4 aromatic rings. The van der Waals surface area contributed by atoms with Crippen molar-refractivity contribution >= 4 is 42.4 Å². The van der Waals surface area contributed by atoms with Crippen molar-refractivity contribution in [3.63, 3.8) is 0 Å². The van der Waals surface area contributed by atoms with Gasteiger partial charge in [0.05, 0.1) is 28.1 Å². The van der Waals surface area contributed by atoms with Crippen LogP contribution in [0, 0.1) is 5.82 Å². The van der Waals surface area contributed by atoms with Crippen molar-refractivity contribution in [2.75, 3.05) is 11.2 Å². The zero-order chi connectivity index (χ0) is 22.0. The van der Waals surface area contributed by atoms with Crippen molar-refractivity contribution in [3.05, 3.63) is 89.7 Å². The van der Waals surface area contributed by atoms with Crippen LogP contribution in [0.4, 0.5) is 9.52 Å². The fraction of sp³-hybridized carbons (Fsp3) is 0.130. The molecule has 0 saturated carbocycles. The number of carbonyl (C=O) groups excluding carboxylic acids is 1. The number of halogens is 1. The predicted molar refractivity (Wildman–Crippen MR) is 120 cm³/mol. The van der Waals surface area contributed by atoms with E-state index in [2.05, 4.69) is 4.98 Å². The van der Waals surface area contributed by atoms with Crippen LogP contribution in [-0.4, -0.2) is 25.6 Å². The molecule has 0 N–H and O–H groups in total. The van der Waals surface area contributed by atoms with Crippen LogP contribution in [0.25, 0.3) is 10.2 Å². The van der Waals surface area contributed by atoms with Crippen molar-refractivity contribution in [3.8, 4) is 0 Å². The number of aromatic nitrogens is 1. The van der Waals surface area contributed by atoms with Crippen molar-refractivity contribution < 1.29 is 17.6 Å². The van der Waals surface area contributed by atoms with Crippen LogP contribution in [-0.2, 0) is 27.6 Å². The highest BCUT2D eigenvalue weighted by molar-refractivity contribution is 7.90. The molecule has 31 heavy (non-hydrogen) atoms. The van der Waals surface area contributed by atoms with E-state index >= 15 is 0 Å². The second-order valence-electron chi connectivity index (χ2n) is 7.17. The molecule has 0 spiro atoms. The summed E-state index contributed by atoms with van der Waals surface area (Å²) in [6.45, 7) is 0.319. The van der Waals surface area contributed by atoms with Gasteiger partial charge in [0.15, 0.2) is 15.0 Å². The van der Waals surface area contributed by atoms with Gasteiger partial charge in [0.25, 0.3) is 0 Å². The third-order valence-electron chi connectivity index (χ3n) is 4.76. The maximum absolute atomic E-state index is 13.2. The zero-order valence-corrected chi connectivity index (χ0v) is 18.3. The maximum Gasteiger partial charge on any atom is 0.233 e. The van der Waals surface area contributed by atoms with Crippen molar-refractivity contribution in [1.82, 2.24) is 4.98 Å². The topological polar surface area (TPSA) is 67.3 Å². The number of fused-ring (bicyclic) bond motifs is 1. The second-order valence-corrected chi connectivity index (χ2v) is 10.2. The predicted octanol–water partition coefficient (Wildman–Crippen LogP) is 4.61. The number of carbonyl (C=O) groups is 1. The van der Waals surface area contributed by atoms with Gasteiger partial charge < -0.3 is 0 Å². The molecular weight excluding hydrogens is 435 g/mol. The van der Waals surface area contributed by atoms with E-state index in [1.807, 2.05) is 30.3 Å². The summed E-state index contributed by atoms with van der Waals surface area (Å²) in [7, 11) is -3.35. The number of nitrogens with zero attached hydrogens (tertiary/aromatic N) is 2. The molecule has 8 heteroatoms. The second kappa shape index (κ2) is 8.56. The van der Waals surface area contributed by atoms with Crippen LogP contribution in [0.15, 0.2) is 77.7 Å². The molecule has 0 bridgehead atoms. The van der Waals surface area contributed by atoms with Crippen LogP contribution in [0.5, 0.6) is 0 Å². The third kappa shape index (κ3) is 4.98. The van der Waals surface area contributed by atoms with E-state index < -0.39 is 9.84 Å². The fourth-order valence-electron chi connectivity index (χ4n) is 3.14. The first-order chi connectivity index (χ1) is 14.8. The highest BCUT2D eigenvalue weighted by atomic mass is 32.2. The minimum Gasteiger partial charge on any atom is -0.283 e. The number of anilines is 1. The molecular formula is C23H19FN2O3S2. The van der Waals surface area contributed by atoms with E-state index in [0.717, 1.165) is 11.8 Å². The highest BCUT2D eigenvalue weighted by Gasteiger charge is 2.21. The van der Waals surface area contributed by atoms with Gasteiger partial charge in [0, 0.05) is 6.26 Å². The molecule has 1 amide bonds. The molecule has 0 atom stereocenters. The Morgan fingerprint density at radius 2 is 1.71 bits per heavy atom. The minimum absolute atomic E-state index is 0.0949. The third-order valence-corrected chi connectivity index (χ3v) is 6.91. The Morgan fingerprint density at radius 1 is 1.00 bits per heavy atom. The number of hydrogen-bond donors (Lipinski definition) is 0. The Balaban J connectivity index is 1.71. The van der Waals surface area contributed by atoms with Crippen LogP contribution >= 0.6 is 11.3 Å². The van der Waals surface area contributed by atoms with Crippen molar-refractivity contribution in [2.24, 2.45) is 0 Å². The number of sulfone groups is 1. The summed E-state index contributed by atoms with van der Waals surface area (Å²) in [5.41, 5.74) is 2.26. The fourth-order valence-corrected chi connectivity index (χ4v) is 4.88. The Hall–Kier alpha value is -3.10. The van der Waals surface area contributed by atoms with Crippen molar-refractivity contribution in [2.45, 2.75) is 17.9 Å². The first kappa shape index (κ1) is 21.1. The van der Waals surface area contributed by atoms with Gasteiger partial charge in [-0.1, -0.05) is 53.8 Å². The molecule has 0 fully saturated rings. The summed E-state index contributed by atoms with van der Waals surface area (Å²) in [5, 5.41) is 0.483. The molecule has 158 valence electrons. The van der Waals surface area contributed by atoms with E-state index in [9.17, 15) is 17.6 Å². The Bertz CT molecular complexity index is 1330. The smallest absolute Gasteiger partial charge is 0.233 e. The number of benzene rings is 3. The molecule has 4 rings (SSSR count). The molecule has 1 heterocycles. The summed E-state index contributed by atoms with van der Waals surface area (Å²) in [6, 6.07) is 20.1. The van der Waals surface area contributed by atoms with Gasteiger partial charge in [-0.05, 0) is 41.5 Å². The van der Waals surface area contributed by atoms with E-state index in [1.54, 1.807) is 29.2 Å². The first-order valence-corrected chi connectivity index (χ1v) is 12.2. The average Bonchev–Trinajstić information content (AvgIpc) is 3.16. The molecule has 0 saturated heterocycles. The Kier molecular flexibility index (Phi) is 5.84. The molecule has 1 aromatic heterocycles. The lowest BCUT2D eigenvalue weighted by Crippen LogP contribution is -2.31. The molecule has 0 aliphatic rings. The average molecular weight is 455 g/mol. The van der Waals surface area contributed by atoms with E-state index in [1.165, 1.54) is 29.5 Å². The maximum atomic E-state index is 13.2. The molecule has 0 radical (unpaired) electrons. The van der Waals surface area contributed by atoms with E-state index in [0.29, 0.717) is 27.5 Å². The zero-order valence-electron chi connectivity index (χ0n) is 16.7. The summed E-state index contributed by atoms with van der Waals surface area (Å²) >= 11 is 1.27. The largest absolute Gasteiger partial charge is 0.283 e. The minimum atomic E-state index is -3.35. The number of rotatable bonds is 6. The Morgan fingerprint density at radius 3 is 2.39 bits per heavy atom. The van der Waals surface area contributed by atoms with Gasteiger partial charge in [0.2, 0.25) is 5.91 Å². The van der Waals surface area contributed by atoms with E-state index in [4.69, 9.17) is 0 Å². The lowest BCUT2D eigenvalue weighted by molar-refractivity contribution is -0.118. The number of thiazole rings is 1. The number of hydrogen-bond acceptors (Lipinski definition) is 5.